The Morgan fingerprint density at radius 2 is 2.29 bits per heavy atom. The number of hydrogen-bond acceptors (Lipinski definition) is 6. The normalized spacial score (nSPS) is 24.9. The molecule has 0 aromatic carbocycles. The van der Waals surface area contributed by atoms with Gasteiger partial charge >= 0.3 is 0 Å². The van der Waals surface area contributed by atoms with Crippen molar-refractivity contribution in [2.75, 3.05) is 0 Å². The minimum atomic E-state index is -1.32. The summed E-state index contributed by atoms with van der Waals surface area (Å²) in [5.41, 5.74) is 12.2. The molecule has 6 nitrogen and oxygen atoms in total. The zero-order valence-electron chi connectivity index (χ0n) is 3.46. The predicted octanol–water partition coefficient (Wildman–Crippen LogP) is -1.58. The summed E-state index contributed by atoms with van der Waals surface area (Å²) in [5, 5.41) is 6.22. The topological polar surface area (TPSA) is 98.0 Å². The van der Waals surface area contributed by atoms with Gasteiger partial charge in [-0.1, -0.05) is 10.6 Å². The number of hydrogen-bond donors (Lipinski definition) is 3. The number of hydroxylamine groups is 1. The van der Waals surface area contributed by atoms with Gasteiger partial charge in [-0.2, -0.15) is 0 Å². The molecule has 0 unspecified atom stereocenters. The lowest BCUT2D eigenvalue weighted by Crippen LogP contribution is -2.56. The zero-order valence-corrected chi connectivity index (χ0v) is 3.46. The van der Waals surface area contributed by atoms with E-state index in [1.807, 2.05) is 0 Å². The first-order valence-corrected chi connectivity index (χ1v) is 1.64. The average molecular weight is 103 g/mol. The molecule has 0 saturated heterocycles. The Morgan fingerprint density at radius 3 is 2.43 bits per heavy atom. The van der Waals surface area contributed by atoms with Gasteiger partial charge in [0.15, 0.2) is 0 Å². The van der Waals surface area contributed by atoms with Crippen LogP contribution >= 0.6 is 0 Å². The van der Waals surface area contributed by atoms with Crippen molar-refractivity contribution in [3.63, 3.8) is 0 Å². The van der Waals surface area contributed by atoms with E-state index in [0.717, 1.165) is 0 Å². The van der Waals surface area contributed by atoms with Crippen molar-refractivity contribution < 1.29 is 4.94 Å². The van der Waals surface area contributed by atoms with Gasteiger partial charge in [0.05, 0.1) is 0 Å². The fourth-order valence-corrected chi connectivity index (χ4v) is 0.202. The van der Waals surface area contributed by atoms with Crippen molar-refractivity contribution in [2.45, 2.75) is 5.91 Å². The monoisotopic (exact) mass is 103 g/mol. The van der Waals surface area contributed by atoms with E-state index in [1.165, 1.54) is 0 Å². The maximum Gasteiger partial charge on any atom is 0.273 e. The second kappa shape index (κ2) is 1.12. The molecule has 5 N–H and O–H groups in total. The lowest BCUT2D eigenvalue weighted by atomic mass is 10.8. The van der Waals surface area contributed by atoms with Crippen LogP contribution in [0.5, 0.6) is 0 Å². The summed E-state index contributed by atoms with van der Waals surface area (Å²) < 4.78 is 0. The van der Waals surface area contributed by atoms with E-state index in [1.54, 1.807) is 0 Å². The zero-order chi connectivity index (χ0) is 5.33. The van der Waals surface area contributed by atoms with Gasteiger partial charge in [0.2, 0.25) is 0 Å². The van der Waals surface area contributed by atoms with E-state index in [-0.39, 0.29) is 0 Å². The molecular formula is CH5N5O. The van der Waals surface area contributed by atoms with Crippen molar-refractivity contribution in [3.8, 4) is 0 Å². The molecule has 1 aliphatic rings. The highest BCUT2D eigenvalue weighted by atomic mass is 16.8. The van der Waals surface area contributed by atoms with Gasteiger partial charge in [0.1, 0.15) is 0 Å². The molecule has 0 amide bonds. The van der Waals surface area contributed by atoms with Crippen molar-refractivity contribution in [3.05, 3.63) is 0 Å². The smallest absolute Gasteiger partial charge is 0.273 e. The number of rotatable bonds is 0. The highest BCUT2D eigenvalue weighted by Crippen LogP contribution is 1.95. The standard InChI is InChI=1S/CH5N5O/c2-1(3)4-6-7-5-1/h5H,2-3H2. The molecule has 0 fully saturated rings. The van der Waals surface area contributed by atoms with Gasteiger partial charge in [0.25, 0.3) is 5.91 Å². The summed E-state index contributed by atoms with van der Waals surface area (Å²) >= 11 is 0. The molecule has 1 rings (SSSR count). The predicted molar refractivity (Wildman–Crippen MR) is 20.2 cm³/mol. The highest BCUT2D eigenvalue weighted by molar-refractivity contribution is 4.62. The largest absolute Gasteiger partial charge is 0.278 e. The van der Waals surface area contributed by atoms with Crippen LogP contribution in [0.4, 0.5) is 0 Å². The molecule has 1 heterocycles. The van der Waals surface area contributed by atoms with Crippen molar-refractivity contribution in [1.29, 1.82) is 0 Å². The van der Waals surface area contributed by atoms with Crippen molar-refractivity contribution in [1.82, 2.24) is 5.48 Å². The lowest BCUT2D eigenvalue weighted by Gasteiger charge is -2.06. The molecule has 0 aromatic rings. The fraction of sp³-hybridized carbons (Fsp3) is 1.00. The van der Waals surface area contributed by atoms with Crippen LogP contribution in [0.3, 0.4) is 0 Å². The Labute approximate surface area is 39.4 Å². The van der Waals surface area contributed by atoms with Gasteiger partial charge in [-0.05, 0) is 0 Å². The van der Waals surface area contributed by atoms with E-state index < -0.39 is 5.91 Å². The first-order chi connectivity index (χ1) is 3.21. The molecule has 0 spiro atoms. The highest BCUT2D eigenvalue weighted by Gasteiger charge is 2.22. The summed E-state index contributed by atoms with van der Waals surface area (Å²) in [4.78, 5) is 4.12. The molecular weight excluding hydrogens is 98.0 g/mol. The molecule has 0 aliphatic carbocycles. The number of nitrogens with two attached hydrogens (primary N) is 2. The minimum absolute atomic E-state index is 1.32. The van der Waals surface area contributed by atoms with E-state index in [9.17, 15) is 0 Å². The number of nitrogens with zero attached hydrogens (tertiary/aromatic N) is 2. The molecule has 6 heteroatoms. The molecule has 0 aromatic heterocycles. The van der Waals surface area contributed by atoms with Gasteiger partial charge in [-0.3, -0.25) is 16.4 Å². The van der Waals surface area contributed by atoms with Gasteiger partial charge < -0.3 is 0 Å². The van der Waals surface area contributed by atoms with Gasteiger partial charge in [-0.15, -0.1) is 0 Å². The third-order valence-corrected chi connectivity index (χ3v) is 0.456. The molecule has 0 atom stereocenters. The Bertz CT molecular complexity index is 96.3. The Morgan fingerprint density at radius 1 is 1.57 bits per heavy atom. The van der Waals surface area contributed by atoms with E-state index >= 15 is 0 Å². The summed E-state index contributed by atoms with van der Waals surface area (Å²) in [5.74, 6) is -1.32. The van der Waals surface area contributed by atoms with Crippen LogP contribution in [0.15, 0.2) is 10.4 Å². The number of nitrogens with one attached hydrogen (secondary N) is 1. The second-order valence-electron chi connectivity index (χ2n) is 1.20. The fourth-order valence-electron chi connectivity index (χ4n) is 0.202. The molecule has 0 bridgehead atoms. The average Bonchev–Trinajstić information content (AvgIpc) is 1.84. The first-order valence-electron chi connectivity index (χ1n) is 1.64. The Hall–Kier alpha value is -0.720. The van der Waals surface area contributed by atoms with E-state index in [4.69, 9.17) is 11.5 Å². The van der Waals surface area contributed by atoms with Crippen LogP contribution in [0, 0.1) is 0 Å². The first kappa shape index (κ1) is 4.44. The molecule has 7 heavy (non-hydrogen) atoms. The third kappa shape index (κ3) is 0.829. The lowest BCUT2D eigenvalue weighted by molar-refractivity contribution is 0.0343. The molecule has 0 saturated carbocycles. The Kier molecular flexibility index (Phi) is 0.712. The van der Waals surface area contributed by atoms with Crippen molar-refractivity contribution >= 4 is 0 Å². The van der Waals surface area contributed by atoms with Gasteiger partial charge in [0, 0.05) is 5.28 Å². The van der Waals surface area contributed by atoms with Crippen molar-refractivity contribution in [2.24, 2.45) is 21.9 Å². The summed E-state index contributed by atoms with van der Waals surface area (Å²) in [7, 11) is 0. The van der Waals surface area contributed by atoms with Crippen LogP contribution < -0.4 is 16.9 Å². The summed E-state index contributed by atoms with van der Waals surface area (Å²) in [6.07, 6.45) is 0. The molecule has 40 valence electrons. The van der Waals surface area contributed by atoms with Crippen LogP contribution in [0.2, 0.25) is 0 Å². The van der Waals surface area contributed by atoms with Crippen LogP contribution in [0.25, 0.3) is 0 Å². The second-order valence-corrected chi connectivity index (χ2v) is 1.20. The third-order valence-electron chi connectivity index (χ3n) is 0.456. The molecule has 1 aliphatic heterocycles. The van der Waals surface area contributed by atoms with Crippen LogP contribution in [0.1, 0.15) is 0 Å². The summed E-state index contributed by atoms with van der Waals surface area (Å²) in [6.45, 7) is 0. The van der Waals surface area contributed by atoms with Crippen LogP contribution in [-0.4, -0.2) is 5.91 Å². The Balaban J connectivity index is 2.57. The molecule has 0 radical (unpaired) electrons. The SMILES string of the molecule is NC1(N)N=NON1. The quantitative estimate of drug-likeness (QED) is 0.322. The maximum absolute atomic E-state index is 5.06. The van der Waals surface area contributed by atoms with Crippen LogP contribution in [-0.2, 0) is 4.94 Å². The van der Waals surface area contributed by atoms with E-state index in [0.29, 0.717) is 0 Å². The van der Waals surface area contributed by atoms with Gasteiger partial charge in [-0.25, -0.2) is 0 Å². The maximum atomic E-state index is 5.06. The summed E-state index contributed by atoms with van der Waals surface area (Å²) in [6, 6.07) is 0. The van der Waals surface area contributed by atoms with E-state index in [2.05, 4.69) is 20.8 Å². The minimum Gasteiger partial charge on any atom is -0.278 e.